The Morgan fingerprint density at radius 1 is 0.739 bits per heavy atom. The van der Waals surface area contributed by atoms with Gasteiger partial charge in [0, 0.05) is 105 Å². The predicted octanol–water partition coefficient (Wildman–Crippen LogP) is 3.89. The quantitative estimate of drug-likeness (QED) is 0.0249. The number of hydrogen-bond acceptors (Lipinski definition) is 18. The number of aromatic nitrogens is 2. The Balaban J connectivity index is 0.701. The molecule has 8 rings (SSSR count). The molecule has 0 bridgehead atoms. The maximum absolute atomic E-state index is 15.4. The van der Waals surface area contributed by atoms with Gasteiger partial charge >= 0.3 is 5.97 Å². The van der Waals surface area contributed by atoms with Gasteiger partial charge in [-0.2, -0.15) is 0 Å². The molecule has 2 aromatic heterocycles. The average molecular weight is 1220 g/mol. The van der Waals surface area contributed by atoms with Crippen LogP contribution in [-0.2, 0) is 103 Å². The van der Waals surface area contributed by atoms with Gasteiger partial charge in [0.15, 0.2) is 17.2 Å². The SMILES string of the molecule is CC[C@@]1(O)C(=O)OCc2c1cc1n(c2=O)Cc2c-1nc1cc(F)c(C)c3c1c2C(NC(=O)CCCC(=O)CNC(=O)[C@@H](CC(=O)CNC(=O)CCC(=O)CCOCCOCCOCCOCCCC(=O)CCN1C(=O)C=CC1=O)Cc1ccccc1)CC3. The number of nitrogens with one attached hydrogen (secondary N) is 3. The van der Waals surface area contributed by atoms with Crippen molar-refractivity contribution in [2.75, 3.05) is 72.5 Å². The summed E-state index contributed by atoms with van der Waals surface area (Å²) in [7, 11) is 0. The number of aliphatic hydroxyl groups is 1. The number of nitrogens with zero attached hydrogens (tertiary/aromatic N) is 3. The Hall–Kier alpha value is -8.03. The lowest BCUT2D eigenvalue weighted by atomic mass is 9.81. The second-order valence-electron chi connectivity index (χ2n) is 22.3. The molecule has 1 unspecified atom stereocenters. The topological polar surface area (TPSA) is 311 Å². The van der Waals surface area contributed by atoms with Crippen molar-refractivity contribution in [2.45, 2.75) is 129 Å². The van der Waals surface area contributed by atoms with Crippen molar-refractivity contribution in [1.82, 2.24) is 30.4 Å². The van der Waals surface area contributed by atoms with Gasteiger partial charge in [-0.15, -0.1) is 0 Å². The van der Waals surface area contributed by atoms with E-state index in [-0.39, 0.29) is 158 Å². The van der Waals surface area contributed by atoms with Crippen molar-refractivity contribution >= 4 is 69.5 Å². The monoisotopic (exact) mass is 1220 g/mol. The van der Waals surface area contributed by atoms with E-state index in [1.807, 2.05) is 6.07 Å². The summed E-state index contributed by atoms with van der Waals surface area (Å²) in [6.07, 6.45) is 3.95. The number of aryl methyl sites for hydroxylation is 1. The number of ketones is 4. The van der Waals surface area contributed by atoms with Gasteiger partial charge in [0.25, 0.3) is 17.4 Å². The number of Topliss-reactive ketones (excluding diaryl/α,β-unsaturated/α-hetero) is 4. The molecule has 1 aliphatic carbocycles. The van der Waals surface area contributed by atoms with E-state index in [1.54, 1.807) is 44.2 Å². The smallest absolute Gasteiger partial charge is 0.343 e. The number of pyridine rings is 2. The molecule has 4 aliphatic rings. The van der Waals surface area contributed by atoms with E-state index in [0.717, 1.165) is 16.0 Å². The molecule has 0 saturated carbocycles. The van der Waals surface area contributed by atoms with Gasteiger partial charge in [-0.1, -0.05) is 37.3 Å². The highest BCUT2D eigenvalue weighted by molar-refractivity contribution is 6.13. The van der Waals surface area contributed by atoms with E-state index in [2.05, 4.69) is 16.0 Å². The standard InChI is InChI=1S/C64H75FN6O17/c1-3-64(83)49-33-53-60-47(37-71(53)62(81)48(49)38-88-63(64)82)59-51(16-15-46-39(2)50(65)34-52(69-60)58(46)59)68-55(77)13-7-11-44(74)35-67-61(80)41(31-40-9-5-4-6-10-40)32-45(75)36-66-54(76)17-14-43(73)21-24-85-26-28-87-30-29-86-27-25-84-23-8-12-42(72)20-22-70-56(78)18-19-57(70)79/h4-6,9-10,18-19,33-34,41,51,83H,3,7-8,11-17,20-32,35-38H2,1-2H3,(H,66,76)(H,67,80)(H,68,77)/t41-,51?,64+/m1/s1. The maximum Gasteiger partial charge on any atom is 0.343 e. The van der Waals surface area contributed by atoms with Gasteiger partial charge in [0.2, 0.25) is 17.7 Å². The lowest BCUT2D eigenvalue weighted by molar-refractivity contribution is -0.172. The van der Waals surface area contributed by atoms with E-state index >= 15 is 4.39 Å². The van der Waals surface area contributed by atoms with Crippen molar-refractivity contribution in [3.05, 3.63) is 110 Å². The molecule has 5 heterocycles. The Labute approximate surface area is 507 Å². The second-order valence-corrected chi connectivity index (χ2v) is 22.3. The Kier molecular flexibility index (Phi) is 23.4. The maximum atomic E-state index is 15.4. The van der Waals surface area contributed by atoms with E-state index in [4.69, 9.17) is 28.7 Å². The zero-order valence-electron chi connectivity index (χ0n) is 49.6. The lowest BCUT2D eigenvalue weighted by Gasteiger charge is -2.31. The first kappa shape index (κ1) is 65.9. The van der Waals surface area contributed by atoms with Crippen LogP contribution in [0.4, 0.5) is 4.39 Å². The van der Waals surface area contributed by atoms with Gasteiger partial charge in [-0.25, -0.2) is 14.2 Å². The summed E-state index contributed by atoms with van der Waals surface area (Å²) in [4.78, 5) is 147. The third-order valence-corrected chi connectivity index (χ3v) is 16.2. The fourth-order valence-electron chi connectivity index (χ4n) is 11.3. The predicted molar refractivity (Wildman–Crippen MR) is 313 cm³/mol. The van der Waals surface area contributed by atoms with E-state index in [0.29, 0.717) is 91.3 Å². The molecule has 5 amide bonds. The summed E-state index contributed by atoms with van der Waals surface area (Å²) in [5.74, 6) is -5.44. The van der Waals surface area contributed by atoms with Gasteiger partial charge in [-0.3, -0.25) is 52.8 Å². The fourth-order valence-corrected chi connectivity index (χ4v) is 11.3. The summed E-state index contributed by atoms with van der Waals surface area (Å²) < 4.78 is 44.0. The van der Waals surface area contributed by atoms with Crippen LogP contribution < -0.4 is 21.5 Å². The fraction of sp³-hybridized carbons (Fsp3) is 0.500. The van der Waals surface area contributed by atoms with Crippen LogP contribution in [0.1, 0.15) is 129 Å². The molecule has 470 valence electrons. The summed E-state index contributed by atoms with van der Waals surface area (Å²) in [6.45, 7) is 4.76. The lowest BCUT2D eigenvalue weighted by Crippen LogP contribution is -2.44. The number of carbonyl (C=O) groups is 10. The first-order chi connectivity index (χ1) is 42.4. The zero-order valence-corrected chi connectivity index (χ0v) is 49.6. The number of benzene rings is 2. The molecule has 2 aromatic carbocycles. The third kappa shape index (κ3) is 16.8. The number of halogens is 1. The summed E-state index contributed by atoms with van der Waals surface area (Å²) in [6, 6.07) is 11.4. The van der Waals surface area contributed by atoms with Crippen molar-refractivity contribution in [1.29, 1.82) is 0 Å². The molecule has 3 atom stereocenters. The highest BCUT2D eigenvalue weighted by atomic mass is 19.1. The van der Waals surface area contributed by atoms with Gasteiger partial charge in [0.1, 0.15) is 24.0 Å². The molecule has 0 radical (unpaired) electrons. The number of amides is 5. The molecule has 23 nitrogen and oxygen atoms in total. The molecular formula is C64H75FN6O17. The molecule has 4 N–H and O–H groups in total. The normalized spacial score (nSPS) is 16.7. The molecule has 4 aromatic rings. The van der Waals surface area contributed by atoms with Gasteiger partial charge in [-0.05, 0) is 73.8 Å². The molecule has 0 saturated heterocycles. The average Bonchev–Trinajstić information content (AvgIpc) is 1.45. The van der Waals surface area contributed by atoms with Crippen molar-refractivity contribution in [2.24, 2.45) is 5.92 Å². The minimum atomic E-state index is -2.05. The molecule has 24 heteroatoms. The van der Waals surface area contributed by atoms with E-state index < -0.39 is 64.3 Å². The van der Waals surface area contributed by atoms with Crippen molar-refractivity contribution < 1.29 is 81.1 Å². The van der Waals surface area contributed by atoms with Crippen molar-refractivity contribution in [3.8, 4) is 11.4 Å². The third-order valence-electron chi connectivity index (χ3n) is 16.2. The van der Waals surface area contributed by atoms with Gasteiger partial charge < -0.3 is 49.3 Å². The second kappa shape index (κ2) is 31.2. The summed E-state index contributed by atoms with van der Waals surface area (Å²) in [5.41, 5.74) is 2.16. The number of carbonyl (C=O) groups excluding carboxylic acids is 10. The number of rotatable bonds is 37. The minimum absolute atomic E-state index is 0.0410. The summed E-state index contributed by atoms with van der Waals surface area (Å²) in [5, 5.41) is 20.4. The number of imide groups is 1. The van der Waals surface area contributed by atoms with E-state index in [1.165, 1.54) is 22.8 Å². The molecule has 3 aliphatic heterocycles. The number of cyclic esters (lactones) is 1. The largest absolute Gasteiger partial charge is 0.458 e. The Morgan fingerprint density at radius 2 is 1.40 bits per heavy atom. The Bertz CT molecular complexity index is 3400. The number of esters is 1. The van der Waals surface area contributed by atoms with Crippen LogP contribution in [0.3, 0.4) is 0 Å². The first-order valence-electron chi connectivity index (χ1n) is 30.0. The molecule has 88 heavy (non-hydrogen) atoms. The van der Waals surface area contributed by atoms with Crippen LogP contribution in [0.15, 0.2) is 59.4 Å². The zero-order chi connectivity index (χ0) is 62.9. The van der Waals surface area contributed by atoms with Crippen LogP contribution in [-0.4, -0.2) is 151 Å². The van der Waals surface area contributed by atoms with Crippen LogP contribution in [0.25, 0.3) is 22.3 Å². The van der Waals surface area contributed by atoms with Crippen LogP contribution in [0, 0.1) is 18.7 Å². The highest BCUT2D eigenvalue weighted by Gasteiger charge is 2.46. The molecular weight excluding hydrogens is 1140 g/mol. The number of ether oxygens (including phenoxy) is 5. The minimum Gasteiger partial charge on any atom is -0.458 e. The first-order valence-corrected chi connectivity index (χ1v) is 30.0. The summed E-state index contributed by atoms with van der Waals surface area (Å²) >= 11 is 0. The van der Waals surface area contributed by atoms with Crippen LogP contribution in [0.5, 0.6) is 0 Å². The number of fused-ring (bicyclic) bond motifs is 5. The van der Waals surface area contributed by atoms with Gasteiger partial charge in [0.05, 0.1) is 94.4 Å². The van der Waals surface area contributed by atoms with Crippen molar-refractivity contribution in [3.63, 3.8) is 0 Å². The van der Waals surface area contributed by atoms with E-state index in [9.17, 15) is 57.8 Å². The van der Waals surface area contributed by atoms with Crippen LogP contribution >= 0.6 is 0 Å². The molecule has 0 fully saturated rings. The highest BCUT2D eigenvalue weighted by Crippen LogP contribution is 2.46. The molecule has 0 spiro atoms. The van der Waals surface area contributed by atoms with Crippen LogP contribution in [0.2, 0.25) is 0 Å². The Morgan fingerprint density at radius 3 is 2.10 bits per heavy atom. The number of hydrogen-bond donors (Lipinski definition) is 4.